The second-order valence-electron chi connectivity index (χ2n) is 3.25. The maximum Gasteiger partial charge on any atom is -0.00439 e. The fourth-order valence-electron chi connectivity index (χ4n) is 1.54. The van der Waals surface area contributed by atoms with Crippen LogP contribution in [0.3, 0.4) is 0 Å². The zero-order valence-corrected chi connectivity index (χ0v) is 9.06. The number of rotatable bonds is 5. The van der Waals surface area contributed by atoms with Gasteiger partial charge in [-0.1, -0.05) is 38.2 Å². The minimum atomic E-state index is 0.360. The molecular formula is C11H19P. The quantitative estimate of drug-likeness (QED) is 0.569. The van der Waals surface area contributed by atoms with E-state index in [2.05, 4.69) is 38.2 Å². The van der Waals surface area contributed by atoms with Crippen LogP contribution in [0.15, 0.2) is 24.3 Å². The van der Waals surface area contributed by atoms with Crippen molar-refractivity contribution in [3.05, 3.63) is 24.3 Å². The van der Waals surface area contributed by atoms with Crippen molar-refractivity contribution in [2.24, 2.45) is 5.92 Å². The SMILES string of the molecule is CCP(CC)CCC1C=CC=C1. The van der Waals surface area contributed by atoms with E-state index in [9.17, 15) is 0 Å². The average Bonchev–Trinajstić information content (AvgIpc) is 2.59. The van der Waals surface area contributed by atoms with Crippen LogP contribution >= 0.6 is 7.92 Å². The van der Waals surface area contributed by atoms with Crippen molar-refractivity contribution < 1.29 is 0 Å². The Bertz CT molecular complexity index is 154. The third-order valence-corrected chi connectivity index (χ3v) is 5.18. The molecule has 0 saturated heterocycles. The van der Waals surface area contributed by atoms with E-state index in [1.54, 1.807) is 0 Å². The summed E-state index contributed by atoms with van der Waals surface area (Å²) in [6, 6.07) is 0. The lowest BCUT2D eigenvalue weighted by Gasteiger charge is -2.14. The van der Waals surface area contributed by atoms with Gasteiger partial charge in [-0.2, -0.15) is 0 Å². The van der Waals surface area contributed by atoms with Gasteiger partial charge in [0.2, 0.25) is 0 Å². The normalized spacial score (nSPS) is 16.6. The van der Waals surface area contributed by atoms with Crippen molar-refractivity contribution in [1.29, 1.82) is 0 Å². The maximum atomic E-state index is 2.33. The zero-order chi connectivity index (χ0) is 8.81. The van der Waals surface area contributed by atoms with E-state index in [0.29, 0.717) is 7.92 Å². The third-order valence-electron chi connectivity index (χ3n) is 2.50. The summed E-state index contributed by atoms with van der Waals surface area (Å²) in [7, 11) is 0.360. The highest BCUT2D eigenvalue weighted by Crippen LogP contribution is 2.36. The van der Waals surface area contributed by atoms with Gasteiger partial charge >= 0.3 is 0 Å². The topological polar surface area (TPSA) is 0 Å². The standard InChI is InChI=1S/C11H19P/c1-3-12(4-2)10-9-11-7-5-6-8-11/h5-8,11H,3-4,9-10H2,1-2H3. The Kier molecular flexibility index (Phi) is 4.61. The first-order valence-corrected chi connectivity index (χ1v) is 6.84. The Morgan fingerprint density at radius 1 is 1.08 bits per heavy atom. The highest BCUT2D eigenvalue weighted by molar-refractivity contribution is 7.57. The Labute approximate surface area is 77.5 Å². The predicted octanol–water partition coefficient (Wildman–Crippen LogP) is 3.64. The van der Waals surface area contributed by atoms with Gasteiger partial charge in [0.15, 0.2) is 0 Å². The van der Waals surface area contributed by atoms with E-state index < -0.39 is 0 Å². The minimum Gasteiger partial charge on any atom is -0.107 e. The van der Waals surface area contributed by atoms with Gasteiger partial charge in [-0.3, -0.25) is 0 Å². The summed E-state index contributed by atoms with van der Waals surface area (Å²) in [4.78, 5) is 0. The second kappa shape index (κ2) is 5.54. The molecule has 0 heterocycles. The van der Waals surface area contributed by atoms with Crippen LogP contribution in [0.4, 0.5) is 0 Å². The summed E-state index contributed by atoms with van der Waals surface area (Å²) in [6.45, 7) is 4.66. The highest BCUT2D eigenvalue weighted by atomic mass is 31.1. The summed E-state index contributed by atoms with van der Waals surface area (Å²) in [5.41, 5.74) is 0. The molecule has 12 heavy (non-hydrogen) atoms. The monoisotopic (exact) mass is 182 g/mol. The first-order chi connectivity index (χ1) is 5.86. The molecule has 0 aliphatic heterocycles. The predicted molar refractivity (Wildman–Crippen MR) is 59.3 cm³/mol. The highest BCUT2D eigenvalue weighted by Gasteiger charge is 2.07. The molecule has 0 aromatic heterocycles. The van der Waals surface area contributed by atoms with Gasteiger partial charge in [-0.15, -0.1) is 7.92 Å². The fraction of sp³-hybridized carbons (Fsp3) is 0.636. The van der Waals surface area contributed by atoms with Crippen molar-refractivity contribution in [2.75, 3.05) is 18.5 Å². The minimum absolute atomic E-state index is 0.360. The Hall–Kier alpha value is -0.0900. The molecule has 0 radical (unpaired) electrons. The molecule has 1 rings (SSSR count). The van der Waals surface area contributed by atoms with Crippen molar-refractivity contribution >= 4 is 7.92 Å². The summed E-state index contributed by atoms with van der Waals surface area (Å²) in [5, 5.41) is 0. The van der Waals surface area contributed by atoms with Gasteiger partial charge in [0.25, 0.3) is 0 Å². The Morgan fingerprint density at radius 3 is 2.17 bits per heavy atom. The summed E-state index contributed by atoms with van der Waals surface area (Å²) in [5.74, 6) is 0.757. The van der Waals surface area contributed by atoms with Gasteiger partial charge in [0.1, 0.15) is 0 Å². The first-order valence-electron chi connectivity index (χ1n) is 4.94. The van der Waals surface area contributed by atoms with Gasteiger partial charge in [0.05, 0.1) is 0 Å². The van der Waals surface area contributed by atoms with Gasteiger partial charge < -0.3 is 0 Å². The van der Waals surface area contributed by atoms with Gasteiger partial charge in [0, 0.05) is 0 Å². The molecule has 0 amide bonds. The Balaban J connectivity index is 2.15. The summed E-state index contributed by atoms with van der Waals surface area (Å²) in [6.07, 6.45) is 14.6. The van der Waals surface area contributed by atoms with Crippen molar-refractivity contribution in [2.45, 2.75) is 20.3 Å². The molecule has 0 fully saturated rings. The van der Waals surface area contributed by atoms with Crippen LogP contribution in [0.5, 0.6) is 0 Å². The molecule has 0 saturated carbocycles. The third kappa shape index (κ3) is 3.11. The second-order valence-corrected chi connectivity index (χ2v) is 6.30. The Morgan fingerprint density at radius 2 is 1.67 bits per heavy atom. The number of hydrogen-bond donors (Lipinski definition) is 0. The lowest BCUT2D eigenvalue weighted by Crippen LogP contribution is -1.96. The molecular weight excluding hydrogens is 163 g/mol. The van der Waals surface area contributed by atoms with E-state index in [0.717, 1.165) is 5.92 Å². The van der Waals surface area contributed by atoms with Crippen molar-refractivity contribution in [3.8, 4) is 0 Å². The van der Waals surface area contributed by atoms with Crippen LogP contribution in [0.1, 0.15) is 20.3 Å². The van der Waals surface area contributed by atoms with E-state index in [-0.39, 0.29) is 0 Å². The summed E-state index contributed by atoms with van der Waals surface area (Å²) >= 11 is 0. The summed E-state index contributed by atoms with van der Waals surface area (Å²) < 4.78 is 0. The van der Waals surface area contributed by atoms with Gasteiger partial charge in [-0.05, 0) is 30.8 Å². The first kappa shape index (κ1) is 9.99. The van der Waals surface area contributed by atoms with Crippen molar-refractivity contribution in [3.63, 3.8) is 0 Å². The van der Waals surface area contributed by atoms with Crippen molar-refractivity contribution in [1.82, 2.24) is 0 Å². The molecule has 0 atom stereocenters. The van der Waals surface area contributed by atoms with Crippen LogP contribution in [0.2, 0.25) is 0 Å². The van der Waals surface area contributed by atoms with E-state index in [1.807, 2.05) is 0 Å². The smallest absolute Gasteiger partial charge is 0.00439 e. The lowest BCUT2D eigenvalue weighted by molar-refractivity contribution is 0.788. The fourth-order valence-corrected chi connectivity index (χ4v) is 3.28. The maximum absolute atomic E-state index is 2.33. The van der Waals surface area contributed by atoms with E-state index in [4.69, 9.17) is 0 Å². The van der Waals surface area contributed by atoms with Crippen LogP contribution in [-0.4, -0.2) is 18.5 Å². The molecule has 1 aliphatic carbocycles. The molecule has 0 unspecified atom stereocenters. The van der Waals surface area contributed by atoms with Crippen LogP contribution in [-0.2, 0) is 0 Å². The molecule has 0 N–H and O–H groups in total. The molecule has 0 bridgehead atoms. The number of hydrogen-bond acceptors (Lipinski definition) is 0. The van der Waals surface area contributed by atoms with Crippen LogP contribution in [0, 0.1) is 5.92 Å². The number of allylic oxidation sites excluding steroid dienone is 4. The molecule has 0 aromatic rings. The molecule has 1 aliphatic rings. The zero-order valence-electron chi connectivity index (χ0n) is 8.16. The van der Waals surface area contributed by atoms with E-state index >= 15 is 0 Å². The average molecular weight is 182 g/mol. The van der Waals surface area contributed by atoms with Crippen LogP contribution in [0.25, 0.3) is 0 Å². The van der Waals surface area contributed by atoms with Crippen LogP contribution < -0.4 is 0 Å². The lowest BCUT2D eigenvalue weighted by atomic mass is 10.1. The molecule has 0 spiro atoms. The molecule has 68 valence electrons. The largest absolute Gasteiger partial charge is 0.107 e. The molecule has 1 heteroatoms. The van der Waals surface area contributed by atoms with E-state index in [1.165, 1.54) is 24.9 Å². The molecule has 0 nitrogen and oxygen atoms in total. The van der Waals surface area contributed by atoms with Gasteiger partial charge in [-0.25, -0.2) is 0 Å². The molecule has 0 aromatic carbocycles.